The smallest absolute Gasteiger partial charge is 0.335 e. The Balaban J connectivity index is 1.55. The lowest BCUT2D eigenvalue weighted by atomic mass is 9.94. The van der Waals surface area contributed by atoms with E-state index in [1.807, 2.05) is 45.0 Å². The van der Waals surface area contributed by atoms with Gasteiger partial charge in [-0.05, 0) is 81.6 Å². The summed E-state index contributed by atoms with van der Waals surface area (Å²) in [5, 5.41) is 23.1. The molecule has 0 aliphatic rings. The number of ether oxygens (including phenoxy) is 2. The average Bonchev–Trinajstić information content (AvgIpc) is 2.85. The van der Waals surface area contributed by atoms with Crippen molar-refractivity contribution >= 4 is 17.6 Å². The molecule has 2 unspecified atom stereocenters. The lowest BCUT2D eigenvalue weighted by Crippen LogP contribution is -2.46. The summed E-state index contributed by atoms with van der Waals surface area (Å²) < 4.78 is 25.8. The second-order valence-corrected chi connectivity index (χ2v) is 10.2. The van der Waals surface area contributed by atoms with Gasteiger partial charge in [-0.1, -0.05) is 35.9 Å². The van der Waals surface area contributed by atoms with Gasteiger partial charge >= 0.3 is 5.97 Å². The van der Waals surface area contributed by atoms with Crippen LogP contribution in [0.5, 0.6) is 11.5 Å². The van der Waals surface area contributed by atoms with E-state index in [0.29, 0.717) is 30.0 Å². The fourth-order valence-electron chi connectivity index (χ4n) is 3.95. The van der Waals surface area contributed by atoms with Crippen LogP contribution in [0.4, 0.5) is 4.39 Å². The van der Waals surface area contributed by atoms with E-state index >= 15 is 0 Å². The van der Waals surface area contributed by atoms with Crippen LogP contribution in [0.2, 0.25) is 5.02 Å². The number of rotatable bonds is 12. The molecule has 0 fully saturated rings. The van der Waals surface area contributed by atoms with Crippen molar-refractivity contribution in [1.29, 1.82) is 0 Å². The van der Waals surface area contributed by atoms with E-state index in [-0.39, 0.29) is 28.8 Å². The van der Waals surface area contributed by atoms with Crippen LogP contribution in [0.3, 0.4) is 0 Å². The standard InChI is InChI=1S/C29H33ClFNO5/c1-18-13-21(28(34)35)10-12-26(18)37-27-8-6-5-7-23(27)19(2)36-17-22(33)16-32-29(3,4)15-20-9-11-24(30)25(31)14-20/h5-14,19,22,32-33H,15-17H2,1-4H3,(H,34,35). The molecule has 3 rings (SSSR count). The summed E-state index contributed by atoms with van der Waals surface area (Å²) in [7, 11) is 0. The molecule has 0 aliphatic carbocycles. The quantitative estimate of drug-likeness (QED) is 0.254. The molecule has 0 bridgehead atoms. The molecule has 3 aromatic rings. The lowest BCUT2D eigenvalue weighted by Gasteiger charge is -2.28. The second-order valence-electron chi connectivity index (χ2n) is 9.74. The molecular formula is C29H33ClFNO5. The first-order valence-corrected chi connectivity index (χ1v) is 12.4. The number of carboxylic acid groups (broad SMARTS) is 1. The highest BCUT2D eigenvalue weighted by atomic mass is 35.5. The lowest BCUT2D eigenvalue weighted by molar-refractivity contribution is -0.00481. The molecule has 37 heavy (non-hydrogen) atoms. The highest BCUT2D eigenvalue weighted by molar-refractivity contribution is 6.30. The van der Waals surface area contributed by atoms with Crippen LogP contribution in [0, 0.1) is 12.7 Å². The summed E-state index contributed by atoms with van der Waals surface area (Å²) in [5.74, 6) is -0.303. The van der Waals surface area contributed by atoms with Gasteiger partial charge in [-0.2, -0.15) is 0 Å². The predicted octanol–water partition coefficient (Wildman–Crippen LogP) is 6.33. The minimum absolute atomic E-state index is 0.0920. The van der Waals surface area contributed by atoms with Crippen LogP contribution >= 0.6 is 11.6 Å². The van der Waals surface area contributed by atoms with Gasteiger partial charge in [0.2, 0.25) is 0 Å². The fourth-order valence-corrected chi connectivity index (χ4v) is 4.06. The Morgan fingerprint density at radius 3 is 2.51 bits per heavy atom. The van der Waals surface area contributed by atoms with Crippen molar-refractivity contribution < 1.29 is 28.9 Å². The van der Waals surface area contributed by atoms with Gasteiger partial charge in [-0.3, -0.25) is 0 Å². The number of nitrogens with one attached hydrogen (secondary N) is 1. The van der Waals surface area contributed by atoms with Gasteiger partial charge < -0.3 is 25.0 Å². The summed E-state index contributed by atoms with van der Waals surface area (Å²) in [6.07, 6.45) is -0.570. The first-order valence-electron chi connectivity index (χ1n) is 12.0. The van der Waals surface area contributed by atoms with E-state index in [2.05, 4.69) is 5.32 Å². The third-order valence-electron chi connectivity index (χ3n) is 5.98. The zero-order chi connectivity index (χ0) is 27.2. The maximum absolute atomic E-state index is 13.8. The van der Waals surface area contributed by atoms with E-state index in [4.69, 9.17) is 21.1 Å². The van der Waals surface area contributed by atoms with Crippen LogP contribution in [0.1, 0.15) is 53.9 Å². The van der Waals surface area contributed by atoms with Crippen LogP contribution < -0.4 is 10.1 Å². The molecule has 0 spiro atoms. The fraction of sp³-hybridized carbons (Fsp3) is 0.345. The molecule has 0 saturated heterocycles. The molecule has 3 N–H and O–H groups in total. The minimum atomic E-state index is -0.993. The molecule has 3 aromatic carbocycles. The van der Waals surface area contributed by atoms with Crippen molar-refractivity contribution in [3.8, 4) is 11.5 Å². The van der Waals surface area contributed by atoms with E-state index in [1.165, 1.54) is 12.1 Å². The first kappa shape index (κ1) is 28.6. The normalized spacial score (nSPS) is 13.3. The van der Waals surface area contributed by atoms with Crippen molar-refractivity contribution in [3.05, 3.63) is 93.8 Å². The van der Waals surface area contributed by atoms with Crippen molar-refractivity contribution in [2.75, 3.05) is 13.2 Å². The summed E-state index contributed by atoms with van der Waals surface area (Å²) in [4.78, 5) is 11.2. The van der Waals surface area contributed by atoms with Crippen molar-refractivity contribution in [2.45, 2.75) is 51.9 Å². The number of hydrogen-bond donors (Lipinski definition) is 3. The number of aliphatic hydroxyl groups excluding tert-OH is 1. The number of para-hydroxylation sites is 1. The number of aliphatic hydroxyl groups is 1. The summed E-state index contributed by atoms with van der Waals surface area (Å²) >= 11 is 5.77. The molecule has 2 atom stereocenters. The maximum Gasteiger partial charge on any atom is 0.335 e. The van der Waals surface area contributed by atoms with E-state index in [0.717, 1.165) is 11.1 Å². The Morgan fingerprint density at radius 1 is 1.11 bits per heavy atom. The largest absolute Gasteiger partial charge is 0.478 e. The zero-order valence-corrected chi connectivity index (χ0v) is 22.2. The number of aryl methyl sites for hydroxylation is 1. The minimum Gasteiger partial charge on any atom is -0.478 e. The number of benzene rings is 3. The SMILES string of the molecule is Cc1cc(C(=O)O)ccc1Oc1ccccc1C(C)OCC(O)CNC(C)(C)Cc1ccc(Cl)c(F)c1. The van der Waals surface area contributed by atoms with Gasteiger partial charge in [0.1, 0.15) is 17.3 Å². The van der Waals surface area contributed by atoms with Crippen molar-refractivity contribution in [3.63, 3.8) is 0 Å². The van der Waals surface area contributed by atoms with Crippen molar-refractivity contribution in [1.82, 2.24) is 5.32 Å². The zero-order valence-electron chi connectivity index (χ0n) is 21.4. The second kappa shape index (κ2) is 12.5. The Labute approximate surface area is 222 Å². The topological polar surface area (TPSA) is 88.0 Å². The van der Waals surface area contributed by atoms with E-state index in [9.17, 15) is 19.4 Å². The average molecular weight is 530 g/mol. The molecule has 6 nitrogen and oxygen atoms in total. The van der Waals surface area contributed by atoms with E-state index < -0.39 is 17.9 Å². The maximum atomic E-state index is 13.8. The number of carboxylic acids is 1. The third kappa shape index (κ3) is 8.27. The number of β-amino-alcohol motifs (C(OH)–C–C–N with tert-alkyl or cyclic N) is 1. The number of hydrogen-bond acceptors (Lipinski definition) is 5. The van der Waals surface area contributed by atoms with Crippen LogP contribution in [-0.4, -0.2) is 41.0 Å². The molecule has 0 amide bonds. The predicted molar refractivity (Wildman–Crippen MR) is 142 cm³/mol. The van der Waals surface area contributed by atoms with Gasteiger partial charge in [-0.25, -0.2) is 9.18 Å². The highest BCUT2D eigenvalue weighted by Gasteiger charge is 2.21. The molecule has 0 radical (unpaired) electrons. The summed E-state index contributed by atoms with van der Waals surface area (Å²) in [6, 6.07) is 16.9. The van der Waals surface area contributed by atoms with Gasteiger partial charge in [-0.15, -0.1) is 0 Å². The Bertz CT molecular complexity index is 1230. The van der Waals surface area contributed by atoms with Crippen LogP contribution in [-0.2, 0) is 11.2 Å². The molecule has 0 aromatic heterocycles. The van der Waals surface area contributed by atoms with Gasteiger partial charge in [0.05, 0.1) is 29.4 Å². The van der Waals surface area contributed by atoms with Crippen LogP contribution in [0.25, 0.3) is 0 Å². The molecule has 0 saturated carbocycles. The molecule has 198 valence electrons. The first-order chi connectivity index (χ1) is 17.4. The highest BCUT2D eigenvalue weighted by Crippen LogP contribution is 2.33. The van der Waals surface area contributed by atoms with Gasteiger partial charge in [0.15, 0.2) is 0 Å². The number of carbonyl (C=O) groups is 1. The Morgan fingerprint density at radius 2 is 1.84 bits per heavy atom. The van der Waals surface area contributed by atoms with Crippen LogP contribution in [0.15, 0.2) is 60.7 Å². The monoisotopic (exact) mass is 529 g/mol. The van der Waals surface area contributed by atoms with Gasteiger partial charge in [0.25, 0.3) is 0 Å². The molecule has 8 heteroatoms. The Hall–Kier alpha value is -2.97. The van der Waals surface area contributed by atoms with Gasteiger partial charge in [0, 0.05) is 17.6 Å². The van der Waals surface area contributed by atoms with E-state index in [1.54, 1.807) is 31.2 Å². The van der Waals surface area contributed by atoms with Crippen molar-refractivity contribution in [2.24, 2.45) is 0 Å². The molecular weight excluding hydrogens is 497 g/mol. The summed E-state index contributed by atoms with van der Waals surface area (Å²) in [5.41, 5.74) is 2.12. The number of halogens is 2. The molecule has 0 heterocycles. The summed E-state index contributed by atoms with van der Waals surface area (Å²) in [6.45, 7) is 8.02. The molecule has 0 aliphatic heterocycles. The number of aromatic carboxylic acids is 1. The Kier molecular flexibility index (Phi) is 9.68. The third-order valence-corrected chi connectivity index (χ3v) is 6.29.